The fraction of sp³-hybridized carbons (Fsp3) is 0. The Balaban J connectivity index is 0.000000133. The molecule has 0 spiro atoms. The molecule has 8 heteroatoms. The summed E-state index contributed by atoms with van der Waals surface area (Å²) in [6.45, 7) is 0. The molecule has 6 aromatic heterocycles. The Labute approximate surface area is 686 Å². The Morgan fingerprint density at radius 3 is 1.01 bits per heavy atom. The van der Waals surface area contributed by atoms with Crippen molar-refractivity contribution in [3.63, 3.8) is 0 Å². The Hall–Kier alpha value is -16.2. The molecule has 0 saturated heterocycles. The van der Waals surface area contributed by atoms with Gasteiger partial charge in [0.1, 0.15) is 44.7 Å². The van der Waals surface area contributed by atoms with E-state index in [0.29, 0.717) is 0 Å². The summed E-state index contributed by atoms with van der Waals surface area (Å²) in [5.41, 5.74) is 24.8. The lowest BCUT2D eigenvalue weighted by Gasteiger charge is -2.27. The second kappa shape index (κ2) is 26.7. The molecule has 0 aliphatic heterocycles. The van der Waals surface area contributed by atoms with Gasteiger partial charge in [-0.25, -0.2) is 0 Å². The average Bonchev–Trinajstić information content (AvgIpc) is 1.73. The van der Waals surface area contributed by atoms with Crippen LogP contribution in [0.15, 0.2) is 430 Å². The van der Waals surface area contributed by atoms with E-state index in [1.54, 1.807) is 0 Å². The van der Waals surface area contributed by atoms with Crippen LogP contribution in [-0.4, -0.2) is 9.13 Å². The summed E-state index contributed by atoms with van der Waals surface area (Å²) < 4.78 is 31.1. The summed E-state index contributed by atoms with van der Waals surface area (Å²) >= 11 is 0. The molecule has 560 valence electrons. The average molecular weight is 1530 g/mol. The van der Waals surface area contributed by atoms with Gasteiger partial charge in [0.25, 0.3) is 0 Å². The minimum absolute atomic E-state index is 0.832. The van der Waals surface area contributed by atoms with Gasteiger partial charge in [0.15, 0.2) is 0 Å². The third-order valence-electron chi connectivity index (χ3n) is 24.7. The summed E-state index contributed by atoms with van der Waals surface area (Å²) in [7, 11) is 0. The lowest BCUT2D eigenvalue weighted by molar-refractivity contribution is 0.668. The zero-order valence-electron chi connectivity index (χ0n) is 64.7. The first-order chi connectivity index (χ1) is 59.5. The number of furan rings is 4. The first-order valence-electron chi connectivity index (χ1n) is 40.8. The lowest BCUT2D eigenvalue weighted by Crippen LogP contribution is -2.10. The normalized spacial score (nSPS) is 12.0. The Morgan fingerprint density at radius 2 is 0.508 bits per heavy atom. The van der Waals surface area contributed by atoms with E-state index in [1.165, 1.54) is 92.4 Å². The van der Waals surface area contributed by atoms with Crippen molar-refractivity contribution in [3.8, 4) is 33.6 Å². The molecule has 0 saturated carbocycles. The van der Waals surface area contributed by atoms with Crippen molar-refractivity contribution in [1.29, 1.82) is 0 Å². The molecular weight excluding hydrogens is 1470 g/mol. The van der Waals surface area contributed by atoms with Crippen LogP contribution in [-0.2, 0) is 0 Å². The van der Waals surface area contributed by atoms with Gasteiger partial charge in [-0.05, 0) is 206 Å². The van der Waals surface area contributed by atoms with Gasteiger partial charge in [-0.15, -0.1) is 0 Å². The van der Waals surface area contributed by atoms with Gasteiger partial charge < -0.3 is 36.6 Å². The highest BCUT2D eigenvalue weighted by atomic mass is 16.3. The van der Waals surface area contributed by atoms with E-state index in [1.807, 2.05) is 24.3 Å². The van der Waals surface area contributed by atoms with Crippen LogP contribution in [0.3, 0.4) is 0 Å². The van der Waals surface area contributed by atoms with Crippen LogP contribution in [0.5, 0.6) is 0 Å². The van der Waals surface area contributed by atoms with Gasteiger partial charge in [0.2, 0.25) is 0 Å². The summed E-state index contributed by atoms with van der Waals surface area (Å²) in [5, 5.41) is 23.3. The predicted molar refractivity (Wildman–Crippen MR) is 501 cm³/mol. The minimum atomic E-state index is 0.832. The van der Waals surface area contributed by atoms with Crippen LogP contribution >= 0.6 is 0 Å². The molecule has 120 heavy (non-hydrogen) atoms. The second-order valence-corrected chi connectivity index (χ2v) is 31.3. The van der Waals surface area contributed by atoms with Crippen LogP contribution in [0, 0.1) is 0 Å². The van der Waals surface area contributed by atoms with E-state index < -0.39 is 0 Å². The lowest BCUT2D eigenvalue weighted by atomic mass is 9.97. The van der Waals surface area contributed by atoms with E-state index >= 15 is 0 Å². The fourth-order valence-corrected chi connectivity index (χ4v) is 19.3. The maximum atomic E-state index is 6.74. The largest absolute Gasteiger partial charge is 0.456 e. The molecule has 20 aromatic carbocycles. The van der Waals surface area contributed by atoms with Crippen LogP contribution in [0.25, 0.3) is 208 Å². The first kappa shape index (κ1) is 67.2. The van der Waals surface area contributed by atoms with Gasteiger partial charge in [-0.3, -0.25) is 0 Å². The second-order valence-electron chi connectivity index (χ2n) is 31.3. The molecule has 0 radical (unpaired) electrons. The van der Waals surface area contributed by atoms with Gasteiger partial charge in [-0.2, -0.15) is 0 Å². The minimum Gasteiger partial charge on any atom is -0.456 e. The van der Waals surface area contributed by atoms with Gasteiger partial charge >= 0.3 is 0 Å². The number of nitrogens with zero attached hydrogens (tertiary/aromatic N) is 4. The maximum absolute atomic E-state index is 6.74. The van der Waals surface area contributed by atoms with E-state index in [9.17, 15) is 0 Å². The third kappa shape index (κ3) is 10.6. The summed E-state index contributed by atoms with van der Waals surface area (Å²) in [4.78, 5) is 4.70. The number of benzene rings is 20. The Morgan fingerprint density at radius 1 is 0.175 bits per heavy atom. The van der Waals surface area contributed by atoms with E-state index in [4.69, 9.17) is 17.7 Å². The van der Waals surface area contributed by atoms with Crippen LogP contribution in [0.4, 0.5) is 34.1 Å². The molecule has 0 fully saturated rings. The van der Waals surface area contributed by atoms with Crippen molar-refractivity contribution >= 4 is 209 Å². The number of para-hydroxylation sites is 6. The molecule has 0 atom stereocenters. The molecule has 0 N–H and O–H groups in total. The van der Waals surface area contributed by atoms with Crippen molar-refractivity contribution in [3.05, 3.63) is 413 Å². The first-order valence-corrected chi connectivity index (χ1v) is 40.8. The number of rotatable bonds is 10. The summed E-state index contributed by atoms with van der Waals surface area (Å²) in [6.07, 6.45) is 0. The topological polar surface area (TPSA) is 68.9 Å². The van der Waals surface area contributed by atoms with E-state index in [0.717, 1.165) is 150 Å². The smallest absolute Gasteiger partial charge is 0.137 e. The number of anilines is 6. The standard InChI is InChI=1S/2C56H34N2O2/c1-2-14-37(15-3-1)58-49-22-10-8-20-47(49)56-41(21-12-23-50(56)58)36-25-30-53-48(31-36)46-29-27-39(34-55(46)60-53)57(38-26-28-45-44-19-9-11-24-52(44)59-54(45)33-38)51-32-35-13-4-5-16-40(35)42-17-6-7-18-43(42)51;1-2-13-38(14-3-1)58-50-20-10-8-18-44(50)48-30-35(22-28-51(48)58)36-23-29-54-49(31-36)47-27-25-40(34-56(47)60-54)57(39-24-26-46-45-19-9-11-21-53(45)59-55(46)33-39)52-32-37-12-4-5-15-41(37)42-16-6-7-17-43(42)52/h2*1-34H. The molecule has 0 amide bonds. The van der Waals surface area contributed by atoms with Crippen LogP contribution < -0.4 is 9.80 Å². The molecule has 6 heterocycles. The summed E-state index contributed by atoms with van der Waals surface area (Å²) in [5.74, 6) is 0. The Kier molecular flexibility index (Phi) is 15.0. The SMILES string of the molecule is c1ccc(-n2c3ccccc3c3c(-c4ccc5oc6cc(N(c7ccc8c(c7)oc7ccccc78)c7cc8ccccc8c8ccccc78)ccc6c5c4)cccc32)cc1.c1ccc(-n2c3ccccc3c3cc(-c4ccc5oc6cc(N(c7ccc8c(c7)oc7ccccc78)c7cc8ccccc8c8ccccc78)ccc6c5c4)ccc32)cc1. The van der Waals surface area contributed by atoms with Crippen LogP contribution in [0.2, 0.25) is 0 Å². The molecule has 0 unspecified atom stereocenters. The highest BCUT2D eigenvalue weighted by Crippen LogP contribution is 2.50. The molecule has 26 rings (SSSR count). The molecule has 8 nitrogen and oxygen atoms in total. The van der Waals surface area contributed by atoms with Crippen molar-refractivity contribution in [1.82, 2.24) is 9.13 Å². The number of aromatic nitrogens is 2. The number of fused-ring (bicyclic) bond motifs is 24. The highest BCUT2D eigenvalue weighted by molar-refractivity contribution is 6.21. The molecule has 0 aliphatic rings. The molecule has 0 aliphatic carbocycles. The quantitative estimate of drug-likeness (QED) is 0.127. The van der Waals surface area contributed by atoms with E-state index in [2.05, 4.69) is 407 Å². The highest BCUT2D eigenvalue weighted by Gasteiger charge is 2.26. The fourth-order valence-electron chi connectivity index (χ4n) is 19.3. The molecule has 0 bridgehead atoms. The predicted octanol–water partition coefficient (Wildman–Crippen LogP) is 32.1. The third-order valence-corrected chi connectivity index (χ3v) is 24.7. The van der Waals surface area contributed by atoms with Crippen molar-refractivity contribution < 1.29 is 17.7 Å². The van der Waals surface area contributed by atoms with Gasteiger partial charge in [0.05, 0.1) is 33.4 Å². The van der Waals surface area contributed by atoms with Gasteiger partial charge in [-0.1, -0.05) is 237 Å². The molecular formula is C112H68N4O4. The van der Waals surface area contributed by atoms with Crippen LogP contribution in [0.1, 0.15) is 0 Å². The van der Waals surface area contributed by atoms with Gasteiger partial charge in [0, 0.05) is 134 Å². The number of hydrogen-bond acceptors (Lipinski definition) is 6. The maximum Gasteiger partial charge on any atom is 0.137 e. The number of hydrogen-bond donors (Lipinski definition) is 0. The molecule has 26 aromatic rings. The Bertz CT molecular complexity index is 8720. The zero-order chi connectivity index (χ0) is 78.6. The summed E-state index contributed by atoms with van der Waals surface area (Å²) in [6, 6.07) is 148. The van der Waals surface area contributed by atoms with Crippen molar-refractivity contribution in [2.24, 2.45) is 0 Å². The van der Waals surface area contributed by atoms with Crippen molar-refractivity contribution in [2.75, 3.05) is 9.80 Å². The zero-order valence-corrected chi connectivity index (χ0v) is 64.7. The van der Waals surface area contributed by atoms with Crippen molar-refractivity contribution in [2.45, 2.75) is 0 Å². The monoisotopic (exact) mass is 1530 g/mol. The van der Waals surface area contributed by atoms with E-state index in [-0.39, 0.29) is 0 Å².